The molecule has 1 atom stereocenters. The Morgan fingerprint density at radius 3 is 2.53 bits per heavy atom. The van der Waals surface area contributed by atoms with Crippen molar-refractivity contribution < 1.29 is 23.9 Å². The summed E-state index contributed by atoms with van der Waals surface area (Å²) >= 11 is 6.50. The van der Waals surface area contributed by atoms with Crippen LogP contribution in [0.2, 0.25) is 5.02 Å². The van der Waals surface area contributed by atoms with E-state index in [1.165, 1.54) is 17.8 Å². The Bertz CT molecular complexity index is 2120. The van der Waals surface area contributed by atoms with Crippen LogP contribution >= 0.6 is 11.6 Å². The van der Waals surface area contributed by atoms with Crippen LogP contribution in [-0.4, -0.2) is 103 Å². The minimum atomic E-state index is -0.563. The number of benzene rings is 2. The number of nitrogens with one attached hydrogen (secondary N) is 6. The van der Waals surface area contributed by atoms with Crippen LogP contribution in [0.1, 0.15) is 12.8 Å². The number of likely N-dealkylation sites (N-methyl/N-ethyl adjacent to an activating group) is 1. The molecule has 6 rings (SSSR count). The number of hydrogen-bond donors (Lipinski definition) is 6. The number of hydrogen-bond acceptors (Lipinski definition) is 13. The summed E-state index contributed by atoms with van der Waals surface area (Å²) in [6.45, 7) is 2.21. The van der Waals surface area contributed by atoms with Gasteiger partial charge in [0, 0.05) is 64.8 Å². The van der Waals surface area contributed by atoms with E-state index in [1.807, 2.05) is 15.9 Å². The summed E-state index contributed by atoms with van der Waals surface area (Å²) in [5, 5.41) is 18.3. The lowest BCUT2D eigenvalue weighted by Gasteiger charge is -2.34. The maximum absolute atomic E-state index is 13.1. The topological polar surface area (TPSA) is 204 Å². The average molecular weight is 746 g/mol. The highest BCUT2D eigenvalue weighted by Gasteiger charge is 2.28. The molecule has 4 amide bonds. The van der Waals surface area contributed by atoms with Gasteiger partial charge in [-0.15, -0.1) is 0 Å². The summed E-state index contributed by atoms with van der Waals surface area (Å²) in [7, 11) is 4.85. The molecule has 6 N–H and O–H groups in total. The largest absolute Gasteiger partial charge is 0.478 e. The van der Waals surface area contributed by atoms with Gasteiger partial charge in [0.1, 0.15) is 11.1 Å². The number of para-hydroxylation sites is 1. The van der Waals surface area contributed by atoms with E-state index in [4.69, 9.17) is 21.3 Å². The molecule has 2 aromatic heterocycles. The summed E-state index contributed by atoms with van der Waals surface area (Å²) in [6.07, 6.45) is 2.16. The van der Waals surface area contributed by atoms with Crippen molar-refractivity contribution in [1.82, 2.24) is 30.1 Å². The Balaban J connectivity index is 1.06. The molecule has 2 aliphatic rings. The Hall–Kier alpha value is -5.94. The van der Waals surface area contributed by atoms with Gasteiger partial charge >= 0.3 is 0 Å². The summed E-state index contributed by atoms with van der Waals surface area (Å²) in [4.78, 5) is 74.6. The van der Waals surface area contributed by atoms with E-state index in [-0.39, 0.29) is 54.5 Å². The molecule has 0 bridgehead atoms. The predicted molar refractivity (Wildman–Crippen MR) is 202 cm³/mol. The van der Waals surface area contributed by atoms with Crippen LogP contribution < -0.4 is 47.1 Å². The van der Waals surface area contributed by atoms with Crippen LogP contribution in [0.3, 0.4) is 0 Å². The first-order valence-electron chi connectivity index (χ1n) is 17.0. The smallest absolute Gasteiger partial charge is 0.293 e. The molecular formula is C35H40ClN11O6. The van der Waals surface area contributed by atoms with Gasteiger partial charge < -0.3 is 40.8 Å². The lowest BCUT2D eigenvalue weighted by molar-refractivity contribution is -0.133. The van der Waals surface area contributed by atoms with E-state index in [0.29, 0.717) is 83.0 Å². The molecule has 2 aromatic carbocycles. The number of amides is 4. The lowest BCUT2D eigenvalue weighted by atomic mass is 10.1. The molecule has 0 spiro atoms. The number of halogens is 1. The van der Waals surface area contributed by atoms with E-state index < -0.39 is 6.04 Å². The quantitative estimate of drug-likeness (QED) is 0.115. The number of anilines is 6. The minimum Gasteiger partial charge on any atom is -0.478 e. The van der Waals surface area contributed by atoms with Crippen molar-refractivity contribution in [3.63, 3.8) is 0 Å². The third kappa shape index (κ3) is 8.58. The zero-order valence-corrected chi connectivity index (χ0v) is 30.2. The van der Waals surface area contributed by atoms with Gasteiger partial charge in [-0.3, -0.25) is 34.2 Å². The zero-order chi connectivity index (χ0) is 37.6. The molecule has 53 heavy (non-hydrogen) atoms. The second-order valence-electron chi connectivity index (χ2n) is 12.5. The highest BCUT2D eigenvalue weighted by Crippen LogP contribution is 2.32. The van der Waals surface area contributed by atoms with Gasteiger partial charge in [0.25, 0.3) is 11.5 Å². The molecule has 1 unspecified atom stereocenters. The molecule has 17 nitrogen and oxygen atoms in total. The molecule has 0 aliphatic carbocycles. The number of carbonyl (C=O) groups excluding carboxylic acids is 4. The Kier molecular flexibility index (Phi) is 11.2. The number of rotatable bonds is 12. The van der Waals surface area contributed by atoms with E-state index >= 15 is 0 Å². The van der Waals surface area contributed by atoms with Gasteiger partial charge in [-0.25, -0.2) is 4.98 Å². The van der Waals surface area contributed by atoms with Crippen molar-refractivity contribution in [3.05, 3.63) is 64.0 Å². The van der Waals surface area contributed by atoms with Crippen molar-refractivity contribution in [1.29, 1.82) is 0 Å². The van der Waals surface area contributed by atoms with E-state index in [1.54, 1.807) is 50.5 Å². The van der Waals surface area contributed by atoms with Crippen LogP contribution in [0.15, 0.2) is 53.5 Å². The number of carbonyl (C=O) groups is 4. The Labute approximate surface area is 309 Å². The first-order chi connectivity index (χ1) is 25.5. The number of ether oxygens (including phenoxy) is 1. The van der Waals surface area contributed by atoms with Gasteiger partial charge in [0.05, 0.1) is 35.3 Å². The van der Waals surface area contributed by atoms with Crippen molar-refractivity contribution >= 4 is 80.6 Å². The number of aromatic nitrogens is 3. The second-order valence-corrected chi connectivity index (χ2v) is 12.9. The second kappa shape index (κ2) is 16.2. The number of aryl methyl sites for hydroxylation is 1. The lowest BCUT2D eigenvalue weighted by Crippen LogP contribution is -2.49. The van der Waals surface area contributed by atoms with Gasteiger partial charge in [0.2, 0.25) is 23.7 Å². The van der Waals surface area contributed by atoms with Gasteiger partial charge in [0.15, 0.2) is 18.2 Å². The van der Waals surface area contributed by atoms with Crippen LogP contribution in [0.4, 0.5) is 34.5 Å². The molecule has 2 fully saturated rings. The van der Waals surface area contributed by atoms with E-state index in [2.05, 4.69) is 36.9 Å². The Morgan fingerprint density at radius 1 is 1.02 bits per heavy atom. The molecule has 18 heteroatoms. The average Bonchev–Trinajstić information content (AvgIpc) is 3.14. The monoisotopic (exact) mass is 745 g/mol. The molecule has 4 aromatic rings. The van der Waals surface area contributed by atoms with Crippen molar-refractivity contribution in [3.8, 4) is 5.75 Å². The summed E-state index contributed by atoms with van der Waals surface area (Å²) in [5.41, 5.74) is 2.80. The highest BCUT2D eigenvalue weighted by atomic mass is 35.5. The van der Waals surface area contributed by atoms with Gasteiger partial charge in [-0.05, 0) is 42.8 Å². The van der Waals surface area contributed by atoms with Crippen LogP contribution in [0, 0.1) is 0 Å². The third-order valence-electron chi connectivity index (χ3n) is 9.00. The molecule has 2 saturated heterocycles. The first-order valence-corrected chi connectivity index (χ1v) is 17.4. The highest BCUT2D eigenvalue weighted by molar-refractivity contribution is 6.33. The minimum absolute atomic E-state index is 0.0518. The van der Waals surface area contributed by atoms with Gasteiger partial charge in [-0.1, -0.05) is 17.7 Å². The molecule has 4 heterocycles. The maximum atomic E-state index is 13.1. The standard InChI is InChI=1S/C35H40ClN11O6/c1-37-30(50)19-53-27-16-20-15-21(7-9-26(20)45(3)34(27)52)40-32-22(36)17-39-35(44-32)47-13-11-46(12-14-47)18-29(49)42-24-6-4-5-23(31(24)38-2)41-25-8-10-28(48)43-33(25)51/h4-7,9,15-17,25,38,41H,8,10-14,18-19H2,1-3H3,(H,37,50)(H,42,49)(H,39,40,44)(H,43,48,51). The summed E-state index contributed by atoms with van der Waals surface area (Å²) < 4.78 is 6.93. The predicted octanol–water partition coefficient (Wildman–Crippen LogP) is 1.87. The third-order valence-corrected chi connectivity index (χ3v) is 9.28. The number of piperidine rings is 1. The summed E-state index contributed by atoms with van der Waals surface area (Å²) in [5.74, 6) is -0.285. The molecule has 0 radical (unpaired) electrons. The summed E-state index contributed by atoms with van der Waals surface area (Å²) in [6, 6.07) is 11.8. The van der Waals surface area contributed by atoms with Crippen molar-refractivity contribution in [2.75, 3.05) is 79.6 Å². The molecule has 278 valence electrons. The fraction of sp³-hybridized carbons (Fsp3) is 0.343. The van der Waals surface area contributed by atoms with Crippen LogP contribution in [0.5, 0.6) is 5.75 Å². The number of pyridine rings is 1. The van der Waals surface area contributed by atoms with Crippen LogP contribution in [0.25, 0.3) is 10.9 Å². The molecule has 0 saturated carbocycles. The zero-order valence-electron chi connectivity index (χ0n) is 29.4. The fourth-order valence-electron chi connectivity index (χ4n) is 6.15. The van der Waals surface area contributed by atoms with Gasteiger partial charge in [-0.2, -0.15) is 4.98 Å². The van der Waals surface area contributed by atoms with E-state index in [9.17, 15) is 24.0 Å². The Morgan fingerprint density at radius 2 is 1.79 bits per heavy atom. The number of fused-ring (bicyclic) bond motifs is 1. The molecular weight excluding hydrogens is 706 g/mol. The number of piperazine rings is 1. The first kappa shape index (κ1) is 36.8. The van der Waals surface area contributed by atoms with Crippen molar-refractivity contribution in [2.24, 2.45) is 7.05 Å². The fourth-order valence-corrected chi connectivity index (χ4v) is 6.29. The normalized spacial score (nSPS) is 16.2. The van der Waals surface area contributed by atoms with Crippen molar-refractivity contribution in [2.45, 2.75) is 18.9 Å². The molecule has 2 aliphatic heterocycles. The van der Waals surface area contributed by atoms with Crippen LogP contribution in [-0.2, 0) is 26.2 Å². The number of nitrogens with zero attached hydrogens (tertiary/aromatic N) is 5. The van der Waals surface area contributed by atoms with E-state index in [0.717, 1.165) is 0 Å². The number of imide groups is 1. The SMILES string of the molecule is CNC(=O)COc1cc2cc(Nc3nc(N4CCN(CC(=O)Nc5cccc(NC6CCC(=O)NC6=O)c5NC)CC4)ncc3Cl)ccc2n(C)c1=O. The maximum Gasteiger partial charge on any atom is 0.293 e.